The van der Waals surface area contributed by atoms with Gasteiger partial charge in [-0.15, -0.1) is 5.11 Å². The zero-order chi connectivity index (χ0) is 16.9. The van der Waals surface area contributed by atoms with Crippen molar-refractivity contribution in [2.24, 2.45) is 10.2 Å². The largest absolute Gasteiger partial charge is 0.497 e. The van der Waals surface area contributed by atoms with Gasteiger partial charge in [0.15, 0.2) is 11.8 Å². The maximum atomic E-state index is 11.9. The molecule has 8 nitrogen and oxygen atoms in total. The molecule has 2 heterocycles. The van der Waals surface area contributed by atoms with Gasteiger partial charge in [0.05, 0.1) is 13.7 Å². The van der Waals surface area contributed by atoms with Crippen molar-refractivity contribution in [1.82, 2.24) is 10.5 Å². The number of hydrogen-bond donors (Lipinski definition) is 1. The third-order valence-corrected chi connectivity index (χ3v) is 3.33. The second-order valence-electron chi connectivity index (χ2n) is 4.99. The van der Waals surface area contributed by atoms with Gasteiger partial charge in [0.2, 0.25) is 0 Å². The van der Waals surface area contributed by atoms with Crippen molar-refractivity contribution in [2.45, 2.75) is 12.6 Å². The number of nitrogens with zero attached hydrogens (tertiary/aromatic N) is 3. The number of hydrogen-bond acceptors (Lipinski definition) is 6. The number of benzene rings is 1. The minimum absolute atomic E-state index is 0.181. The molecule has 0 spiro atoms. The Labute approximate surface area is 137 Å². The smallest absolute Gasteiger partial charge is 0.287 e. The van der Waals surface area contributed by atoms with Crippen LogP contribution in [0.25, 0.3) is 11.3 Å². The second-order valence-corrected chi connectivity index (χ2v) is 4.99. The van der Waals surface area contributed by atoms with Gasteiger partial charge in [-0.3, -0.25) is 9.59 Å². The van der Waals surface area contributed by atoms with E-state index in [0.717, 1.165) is 5.56 Å². The molecule has 1 aromatic carbocycles. The number of rotatable bonds is 5. The molecule has 1 aliphatic heterocycles. The molecule has 3 rings (SSSR count). The van der Waals surface area contributed by atoms with Gasteiger partial charge in [-0.2, -0.15) is 5.11 Å². The van der Waals surface area contributed by atoms with Crippen LogP contribution in [0.3, 0.4) is 0 Å². The number of methoxy groups -OCH3 is 1. The quantitative estimate of drug-likeness (QED) is 0.903. The molecule has 0 aliphatic carbocycles. The molecular weight excluding hydrogens is 312 g/mol. The van der Waals surface area contributed by atoms with Crippen molar-refractivity contribution in [3.8, 4) is 17.1 Å². The molecule has 122 valence electrons. The molecule has 0 saturated carbocycles. The molecule has 1 N–H and O–H groups in total. The van der Waals surface area contributed by atoms with Gasteiger partial charge in [-0.05, 0) is 18.2 Å². The maximum Gasteiger partial charge on any atom is 0.287 e. The molecule has 0 fully saturated rings. The van der Waals surface area contributed by atoms with Gasteiger partial charge in [0.1, 0.15) is 11.4 Å². The first-order chi connectivity index (χ1) is 11.7. The van der Waals surface area contributed by atoms with Gasteiger partial charge in [0, 0.05) is 17.7 Å². The third kappa shape index (κ3) is 3.54. The molecule has 0 bridgehead atoms. The summed E-state index contributed by atoms with van der Waals surface area (Å²) in [6, 6.07) is 8.31. The number of amides is 2. The van der Waals surface area contributed by atoms with E-state index < -0.39 is 11.9 Å². The predicted molar refractivity (Wildman–Crippen MR) is 83.1 cm³/mol. The highest BCUT2D eigenvalue weighted by molar-refractivity contribution is 5.92. The van der Waals surface area contributed by atoms with Gasteiger partial charge in [-0.1, -0.05) is 17.3 Å². The maximum absolute atomic E-state index is 11.9. The summed E-state index contributed by atoms with van der Waals surface area (Å²) in [4.78, 5) is 22.8. The van der Waals surface area contributed by atoms with E-state index in [4.69, 9.17) is 9.26 Å². The number of ether oxygens (including phenoxy) is 1. The first-order valence-corrected chi connectivity index (χ1v) is 7.16. The zero-order valence-electron chi connectivity index (χ0n) is 12.8. The average molecular weight is 326 g/mol. The highest BCUT2D eigenvalue weighted by atomic mass is 16.5. The van der Waals surface area contributed by atoms with Crippen molar-refractivity contribution in [1.29, 1.82) is 0 Å². The van der Waals surface area contributed by atoms with Crippen molar-refractivity contribution in [2.75, 3.05) is 7.11 Å². The monoisotopic (exact) mass is 326 g/mol. The summed E-state index contributed by atoms with van der Waals surface area (Å²) in [6.45, 7) is 0.181. The Morgan fingerprint density at radius 1 is 1.38 bits per heavy atom. The molecule has 1 unspecified atom stereocenters. The van der Waals surface area contributed by atoms with Gasteiger partial charge in [0.25, 0.3) is 11.8 Å². The average Bonchev–Trinajstić information content (AvgIpc) is 3.09. The Morgan fingerprint density at radius 2 is 2.25 bits per heavy atom. The van der Waals surface area contributed by atoms with E-state index >= 15 is 0 Å². The standard InChI is InChI=1S/C16H14N4O4/c1-23-12-4-2-3-10(7-12)14-8-11(20-24-14)9-17-16(22)13-5-6-15(21)19-18-13/h2-8,13H,9H2,1H3,(H,17,22). The lowest BCUT2D eigenvalue weighted by molar-refractivity contribution is -0.121. The number of carbonyl (C=O) groups is 2. The minimum Gasteiger partial charge on any atom is -0.497 e. The predicted octanol–water partition coefficient (Wildman–Crippen LogP) is 1.88. The Hall–Kier alpha value is -3.29. The van der Waals surface area contributed by atoms with Gasteiger partial charge >= 0.3 is 0 Å². The van der Waals surface area contributed by atoms with E-state index in [2.05, 4.69) is 20.7 Å². The van der Waals surface area contributed by atoms with Crippen LogP contribution in [0.4, 0.5) is 0 Å². The molecule has 1 aromatic heterocycles. The van der Waals surface area contributed by atoms with Crippen molar-refractivity contribution >= 4 is 11.8 Å². The summed E-state index contributed by atoms with van der Waals surface area (Å²) < 4.78 is 10.5. The number of carbonyl (C=O) groups excluding carboxylic acids is 2. The van der Waals surface area contributed by atoms with Crippen molar-refractivity contribution in [3.63, 3.8) is 0 Å². The Kier molecular flexibility index (Phi) is 4.46. The fourth-order valence-electron chi connectivity index (χ4n) is 2.09. The molecular formula is C16H14N4O4. The molecule has 1 aliphatic rings. The molecule has 1 atom stereocenters. The Balaban J connectivity index is 1.62. The van der Waals surface area contributed by atoms with E-state index in [9.17, 15) is 9.59 Å². The lowest BCUT2D eigenvalue weighted by Gasteiger charge is -2.08. The van der Waals surface area contributed by atoms with Crippen LogP contribution in [0, 0.1) is 0 Å². The van der Waals surface area contributed by atoms with Crippen LogP contribution in [-0.4, -0.2) is 30.1 Å². The van der Waals surface area contributed by atoms with Crippen LogP contribution in [0.1, 0.15) is 5.69 Å². The Morgan fingerprint density at radius 3 is 3.00 bits per heavy atom. The third-order valence-electron chi connectivity index (χ3n) is 3.33. The van der Waals surface area contributed by atoms with E-state index in [1.54, 1.807) is 13.2 Å². The van der Waals surface area contributed by atoms with Crippen LogP contribution in [0.15, 0.2) is 57.2 Å². The summed E-state index contributed by atoms with van der Waals surface area (Å²) in [7, 11) is 1.59. The van der Waals surface area contributed by atoms with E-state index in [1.807, 2.05) is 24.3 Å². The number of aromatic nitrogens is 1. The van der Waals surface area contributed by atoms with Crippen LogP contribution < -0.4 is 10.1 Å². The first kappa shape index (κ1) is 15.6. The fraction of sp³-hybridized carbons (Fsp3) is 0.188. The molecule has 8 heteroatoms. The van der Waals surface area contributed by atoms with Crippen LogP contribution in [0.5, 0.6) is 5.75 Å². The van der Waals surface area contributed by atoms with E-state index in [-0.39, 0.29) is 12.5 Å². The molecule has 24 heavy (non-hydrogen) atoms. The SMILES string of the molecule is COc1cccc(-c2cc(CNC(=O)C3C=CC(=O)N=N3)no2)c1. The summed E-state index contributed by atoms with van der Waals surface area (Å²) in [5.41, 5.74) is 1.39. The van der Waals surface area contributed by atoms with Gasteiger partial charge < -0.3 is 14.6 Å². The highest BCUT2D eigenvalue weighted by Crippen LogP contribution is 2.24. The minimum atomic E-state index is -0.799. The lowest BCUT2D eigenvalue weighted by atomic mass is 10.1. The Bertz CT molecular complexity index is 809. The lowest BCUT2D eigenvalue weighted by Crippen LogP contribution is -2.32. The molecule has 2 aromatic rings. The van der Waals surface area contributed by atoms with Crippen LogP contribution >= 0.6 is 0 Å². The topological polar surface area (TPSA) is 106 Å². The highest BCUT2D eigenvalue weighted by Gasteiger charge is 2.18. The summed E-state index contributed by atoms with van der Waals surface area (Å²) in [5, 5.41) is 13.5. The summed E-state index contributed by atoms with van der Waals surface area (Å²) in [6.07, 6.45) is 2.61. The second kappa shape index (κ2) is 6.86. The van der Waals surface area contributed by atoms with E-state index in [0.29, 0.717) is 17.2 Å². The molecule has 0 saturated heterocycles. The van der Waals surface area contributed by atoms with Crippen LogP contribution in [-0.2, 0) is 16.1 Å². The number of azo groups is 1. The van der Waals surface area contributed by atoms with Crippen molar-refractivity contribution in [3.05, 3.63) is 48.2 Å². The molecule has 2 amide bonds. The van der Waals surface area contributed by atoms with E-state index in [1.165, 1.54) is 12.2 Å². The summed E-state index contributed by atoms with van der Waals surface area (Å²) >= 11 is 0. The van der Waals surface area contributed by atoms with Gasteiger partial charge in [-0.25, -0.2) is 0 Å². The fourth-order valence-corrected chi connectivity index (χ4v) is 2.09. The number of nitrogens with one attached hydrogen (secondary N) is 1. The summed E-state index contributed by atoms with van der Waals surface area (Å²) in [5.74, 6) is 0.440. The normalized spacial score (nSPS) is 16.2. The zero-order valence-corrected chi connectivity index (χ0v) is 12.8. The van der Waals surface area contributed by atoms with Crippen LogP contribution in [0.2, 0.25) is 0 Å². The first-order valence-electron chi connectivity index (χ1n) is 7.16. The van der Waals surface area contributed by atoms with Crippen molar-refractivity contribution < 1.29 is 18.8 Å². The molecule has 0 radical (unpaired) electrons.